The minimum Gasteiger partial charge on any atom is -0.478 e. The molecule has 0 amide bonds. The Morgan fingerprint density at radius 1 is 1.00 bits per heavy atom. The van der Waals surface area contributed by atoms with Crippen LogP contribution < -0.4 is 0 Å². The zero-order valence-electron chi connectivity index (χ0n) is 15.2. The molecule has 0 fully saturated rings. The van der Waals surface area contributed by atoms with Crippen LogP contribution >= 0.6 is 0 Å². The molecule has 0 heterocycles. The van der Waals surface area contributed by atoms with Gasteiger partial charge < -0.3 is 9.84 Å². The van der Waals surface area contributed by atoms with Crippen molar-refractivity contribution in [3.8, 4) is 0 Å². The maximum atomic E-state index is 12.3. The van der Waals surface area contributed by atoms with Crippen molar-refractivity contribution in [1.29, 1.82) is 0 Å². The molecule has 0 unspecified atom stereocenters. The zero-order valence-corrected chi connectivity index (χ0v) is 15.2. The number of aryl methyl sites for hydroxylation is 1. The van der Waals surface area contributed by atoms with Crippen LogP contribution in [0.5, 0.6) is 0 Å². The summed E-state index contributed by atoms with van der Waals surface area (Å²) in [6.07, 6.45) is 7.45. The fraction of sp³-hybridized carbons (Fsp3) is 0.600. The molecule has 0 radical (unpaired) electrons. The summed E-state index contributed by atoms with van der Waals surface area (Å²) >= 11 is 0. The number of hydrogen-bond donors (Lipinski definition) is 1. The molecule has 0 saturated carbocycles. The van der Waals surface area contributed by atoms with Gasteiger partial charge in [-0.3, -0.25) is 0 Å². The molecule has 1 N–H and O–H groups in total. The number of carboxylic acids is 1. The van der Waals surface area contributed by atoms with E-state index in [4.69, 9.17) is 4.74 Å². The molecule has 0 aliphatic rings. The monoisotopic (exact) mass is 334 g/mol. The van der Waals surface area contributed by atoms with E-state index in [1.54, 1.807) is 6.07 Å². The highest BCUT2D eigenvalue weighted by atomic mass is 16.5. The molecule has 1 aromatic carbocycles. The summed E-state index contributed by atoms with van der Waals surface area (Å²) < 4.78 is 5.23. The van der Waals surface area contributed by atoms with Crippen LogP contribution in [-0.4, -0.2) is 23.7 Å². The highest BCUT2D eigenvalue weighted by Gasteiger charge is 2.23. The first-order chi connectivity index (χ1) is 11.6. The second-order valence-electron chi connectivity index (χ2n) is 6.08. The van der Waals surface area contributed by atoms with Crippen molar-refractivity contribution in [2.45, 2.75) is 72.1 Å². The van der Waals surface area contributed by atoms with Crippen molar-refractivity contribution < 1.29 is 19.4 Å². The Kier molecular flexibility index (Phi) is 9.13. The van der Waals surface area contributed by atoms with Crippen molar-refractivity contribution in [3.63, 3.8) is 0 Å². The third kappa shape index (κ3) is 5.66. The molecule has 0 aromatic heterocycles. The normalized spacial score (nSPS) is 10.6. The van der Waals surface area contributed by atoms with E-state index >= 15 is 0 Å². The Labute approximate surface area is 145 Å². The highest BCUT2D eigenvalue weighted by molar-refractivity contribution is 6.03. The van der Waals surface area contributed by atoms with E-state index < -0.39 is 11.9 Å². The largest absolute Gasteiger partial charge is 0.478 e. The van der Waals surface area contributed by atoms with Crippen LogP contribution in [0.4, 0.5) is 0 Å². The van der Waals surface area contributed by atoms with E-state index in [0.717, 1.165) is 56.1 Å². The number of ether oxygens (including phenoxy) is 1. The molecule has 24 heavy (non-hydrogen) atoms. The quantitative estimate of drug-likeness (QED) is 0.455. The zero-order chi connectivity index (χ0) is 17.9. The van der Waals surface area contributed by atoms with Crippen molar-refractivity contribution in [2.24, 2.45) is 0 Å². The van der Waals surface area contributed by atoms with Gasteiger partial charge in [-0.1, -0.05) is 52.5 Å². The van der Waals surface area contributed by atoms with Crippen LogP contribution in [0.25, 0.3) is 0 Å². The lowest BCUT2D eigenvalue weighted by molar-refractivity contribution is 0.0489. The van der Waals surface area contributed by atoms with Gasteiger partial charge in [0, 0.05) is 0 Å². The number of rotatable bonds is 11. The van der Waals surface area contributed by atoms with Gasteiger partial charge in [0.25, 0.3) is 0 Å². The van der Waals surface area contributed by atoms with Crippen LogP contribution in [0.2, 0.25) is 0 Å². The molecule has 0 aliphatic heterocycles. The van der Waals surface area contributed by atoms with E-state index in [9.17, 15) is 14.7 Å². The van der Waals surface area contributed by atoms with Gasteiger partial charge in [0.15, 0.2) is 0 Å². The van der Waals surface area contributed by atoms with Crippen LogP contribution in [0.3, 0.4) is 0 Å². The Balaban J connectivity index is 3.11. The average Bonchev–Trinajstić information content (AvgIpc) is 2.57. The summed E-state index contributed by atoms with van der Waals surface area (Å²) in [5.74, 6) is -1.57. The fourth-order valence-corrected chi connectivity index (χ4v) is 2.84. The van der Waals surface area contributed by atoms with Crippen molar-refractivity contribution in [2.75, 3.05) is 6.61 Å². The van der Waals surface area contributed by atoms with E-state index in [0.29, 0.717) is 13.0 Å². The molecule has 0 bridgehead atoms. The smallest absolute Gasteiger partial charge is 0.339 e. The van der Waals surface area contributed by atoms with Gasteiger partial charge in [0.1, 0.15) is 0 Å². The average molecular weight is 334 g/mol. The van der Waals surface area contributed by atoms with Gasteiger partial charge in [-0.15, -0.1) is 0 Å². The number of unbranched alkanes of at least 4 members (excludes halogenated alkanes) is 4. The Morgan fingerprint density at radius 2 is 1.71 bits per heavy atom. The predicted octanol–water partition coefficient (Wildman–Crippen LogP) is 5.03. The van der Waals surface area contributed by atoms with Crippen LogP contribution in [0.15, 0.2) is 12.1 Å². The summed E-state index contributed by atoms with van der Waals surface area (Å²) in [4.78, 5) is 24.1. The fourth-order valence-electron chi connectivity index (χ4n) is 2.84. The summed E-state index contributed by atoms with van der Waals surface area (Å²) in [6.45, 7) is 6.50. The third-order valence-electron chi connectivity index (χ3n) is 4.24. The summed E-state index contributed by atoms with van der Waals surface area (Å²) in [6, 6.07) is 3.48. The van der Waals surface area contributed by atoms with Crippen LogP contribution in [0.1, 0.15) is 91.1 Å². The first kappa shape index (κ1) is 20.2. The molecule has 4 heteroatoms. The van der Waals surface area contributed by atoms with Gasteiger partial charge >= 0.3 is 11.9 Å². The first-order valence-electron chi connectivity index (χ1n) is 9.11. The van der Waals surface area contributed by atoms with Gasteiger partial charge in [-0.05, 0) is 42.9 Å². The van der Waals surface area contributed by atoms with E-state index in [-0.39, 0.29) is 11.1 Å². The molecule has 1 rings (SSSR count). The maximum absolute atomic E-state index is 12.3. The molecule has 4 nitrogen and oxygen atoms in total. The second-order valence-corrected chi connectivity index (χ2v) is 6.08. The minimum atomic E-state index is -1.04. The number of hydrogen-bond acceptors (Lipinski definition) is 3. The summed E-state index contributed by atoms with van der Waals surface area (Å²) in [5, 5.41) is 9.68. The maximum Gasteiger partial charge on any atom is 0.339 e. The van der Waals surface area contributed by atoms with Crippen molar-refractivity contribution in [3.05, 3.63) is 34.4 Å². The number of carbonyl (C=O) groups excluding carboxylic acids is 1. The highest BCUT2D eigenvalue weighted by Crippen LogP contribution is 2.24. The lowest BCUT2D eigenvalue weighted by Crippen LogP contribution is -2.16. The van der Waals surface area contributed by atoms with Crippen LogP contribution in [0, 0.1) is 0 Å². The standard InChI is InChI=1S/C20H30O4/c1-4-7-9-10-11-16-15(6-3)12-13-17(18(16)19(21)22)20(23)24-14-8-5-2/h12-13H,4-11,14H2,1-3H3,(H,21,22). The number of aromatic carboxylic acids is 1. The molecule has 0 saturated heterocycles. The Morgan fingerprint density at radius 3 is 2.29 bits per heavy atom. The number of esters is 1. The third-order valence-corrected chi connectivity index (χ3v) is 4.24. The van der Waals surface area contributed by atoms with Crippen molar-refractivity contribution >= 4 is 11.9 Å². The van der Waals surface area contributed by atoms with Gasteiger partial charge in [0.2, 0.25) is 0 Å². The minimum absolute atomic E-state index is 0.132. The molecule has 0 aliphatic carbocycles. The Hall–Kier alpha value is -1.84. The topological polar surface area (TPSA) is 63.6 Å². The number of carbonyl (C=O) groups is 2. The van der Waals surface area contributed by atoms with E-state index in [1.165, 1.54) is 0 Å². The molecule has 0 spiro atoms. The summed E-state index contributed by atoms with van der Waals surface area (Å²) in [5.41, 5.74) is 2.12. The molecular weight excluding hydrogens is 304 g/mol. The van der Waals surface area contributed by atoms with E-state index in [2.05, 4.69) is 6.92 Å². The predicted molar refractivity (Wildman–Crippen MR) is 95.8 cm³/mol. The molecule has 134 valence electrons. The summed E-state index contributed by atoms with van der Waals surface area (Å²) in [7, 11) is 0. The molecule has 0 atom stereocenters. The molecular formula is C20H30O4. The van der Waals surface area contributed by atoms with Gasteiger partial charge in [-0.2, -0.15) is 0 Å². The SMILES string of the molecule is CCCCCCc1c(CC)ccc(C(=O)OCCCC)c1C(=O)O. The lowest BCUT2D eigenvalue weighted by atomic mass is 9.90. The molecule has 1 aromatic rings. The van der Waals surface area contributed by atoms with Gasteiger partial charge in [0.05, 0.1) is 17.7 Å². The lowest BCUT2D eigenvalue weighted by Gasteiger charge is -2.15. The van der Waals surface area contributed by atoms with Crippen LogP contribution in [-0.2, 0) is 17.6 Å². The number of carboxylic acid groups (broad SMARTS) is 1. The second kappa shape index (κ2) is 10.8. The van der Waals surface area contributed by atoms with E-state index in [1.807, 2.05) is 19.9 Å². The Bertz CT molecular complexity index is 549. The number of benzene rings is 1. The van der Waals surface area contributed by atoms with Gasteiger partial charge in [-0.25, -0.2) is 9.59 Å². The first-order valence-corrected chi connectivity index (χ1v) is 9.11. The van der Waals surface area contributed by atoms with Crippen molar-refractivity contribution in [1.82, 2.24) is 0 Å².